The number of aryl methyl sites for hydroxylation is 1. The fourth-order valence-corrected chi connectivity index (χ4v) is 2.70. The van der Waals surface area contributed by atoms with Crippen molar-refractivity contribution in [1.82, 2.24) is 0 Å². The number of hydrogen-bond donors (Lipinski definition) is 1. The molecule has 0 spiro atoms. The van der Waals surface area contributed by atoms with Crippen LogP contribution in [0.4, 0.5) is 0 Å². The third-order valence-electron chi connectivity index (χ3n) is 2.93. The van der Waals surface area contributed by atoms with E-state index in [4.69, 9.17) is 10.5 Å². The smallest absolute Gasteiger partial charge is 0.131 e. The lowest BCUT2D eigenvalue weighted by molar-refractivity contribution is 0.470. The van der Waals surface area contributed by atoms with Crippen LogP contribution in [0.15, 0.2) is 45.3 Å². The Morgan fingerprint density at radius 2 is 1.70 bits per heavy atom. The third-order valence-corrected chi connectivity index (χ3v) is 3.92. The van der Waals surface area contributed by atoms with Crippen molar-refractivity contribution in [1.29, 1.82) is 0 Å². The number of ether oxygens (including phenoxy) is 1. The van der Waals surface area contributed by atoms with E-state index in [0.717, 1.165) is 38.0 Å². The molecule has 20 heavy (non-hydrogen) atoms. The second kappa shape index (κ2) is 6.74. The largest absolute Gasteiger partial charge is 0.457 e. The molecule has 0 radical (unpaired) electrons. The van der Waals surface area contributed by atoms with Gasteiger partial charge in [0, 0.05) is 15.0 Å². The van der Waals surface area contributed by atoms with Crippen LogP contribution < -0.4 is 10.5 Å². The molecule has 2 aromatic rings. The van der Waals surface area contributed by atoms with E-state index in [1.165, 1.54) is 0 Å². The molecule has 1 atom stereocenters. The first-order valence-electron chi connectivity index (χ1n) is 6.43. The van der Waals surface area contributed by atoms with Crippen LogP contribution in [0.1, 0.15) is 18.1 Å². The molecule has 0 aromatic heterocycles. The molecule has 0 aliphatic rings. The average Bonchev–Trinajstić information content (AvgIpc) is 2.36. The lowest BCUT2D eigenvalue weighted by Crippen LogP contribution is -2.18. The Morgan fingerprint density at radius 3 is 2.40 bits per heavy atom. The predicted molar refractivity (Wildman–Crippen MR) is 90.4 cm³/mol. The summed E-state index contributed by atoms with van der Waals surface area (Å²) < 4.78 is 8.11. The van der Waals surface area contributed by atoms with Crippen LogP contribution in [0.25, 0.3) is 0 Å². The van der Waals surface area contributed by atoms with Gasteiger partial charge < -0.3 is 10.5 Å². The van der Waals surface area contributed by atoms with Gasteiger partial charge in [-0.1, -0.05) is 37.9 Å². The molecule has 0 bridgehead atoms. The normalized spacial score (nSPS) is 12.2. The van der Waals surface area contributed by atoms with Crippen LogP contribution in [0.3, 0.4) is 0 Å². The Balaban J connectivity index is 2.35. The molecule has 0 amide bonds. The lowest BCUT2D eigenvalue weighted by atomic mass is 10.1. The van der Waals surface area contributed by atoms with Crippen molar-refractivity contribution in [2.75, 3.05) is 0 Å². The second-order valence-corrected chi connectivity index (χ2v) is 6.78. The minimum atomic E-state index is 0.0928. The van der Waals surface area contributed by atoms with Crippen molar-refractivity contribution in [2.45, 2.75) is 26.3 Å². The van der Waals surface area contributed by atoms with Crippen molar-refractivity contribution in [3.63, 3.8) is 0 Å². The molecule has 4 heteroatoms. The standard InChI is InChI=1S/C16H17Br2NO/c1-10-3-4-14(18)9-16(10)20-15-6-5-13(17)8-12(15)7-11(2)19/h3-6,8-9,11H,7,19H2,1-2H3. The number of benzene rings is 2. The Morgan fingerprint density at radius 1 is 1.05 bits per heavy atom. The summed E-state index contributed by atoms with van der Waals surface area (Å²) in [5.74, 6) is 1.71. The zero-order chi connectivity index (χ0) is 14.7. The zero-order valence-electron chi connectivity index (χ0n) is 11.5. The molecule has 0 aliphatic carbocycles. The maximum Gasteiger partial charge on any atom is 0.131 e. The summed E-state index contributed by atoms with van der Waals surface area (Å²) in [6.45, 7) is 4.03. The summed E-state index contributed by atoms with van der Waals surface area (Å²) in [6, 6.07) is 12.1. The summed E-state index contributed by atoms with van der Waals surface area (Å²) >= 11 is 6.97. The average molecular weight is 399 g/mol. The highest BCUT2D eigenvalue weighted by Crippen LogP contribution is 2.32. The Bertz CT molecular complexity index is 611. The van der Waals surface area contributed by atoms with Gasteiger partial charge >= 0.3 is 0 Å². The first-order chi connectivity index (χ1) is 9.45. The summed E-state index contributed by atoms with van der Waals surface area (Å²) in [4.78, 5) is 0. The highest BCUT2D eigenvalue weighted by molar-refractivity contribution is 9.10. The summed E-state index contributed by atoms with van der Waals surface area (Å²) in [5, 5.41) is 0. The van der Waals surface area contributed by atoms with Crippen molar-refractivity contribution in [2.24, 2.45) is 5.73 Å². The van der Waals surface area contributed by atoms with Crippen molar-refractivity contribution in [3.05, 3.63) is 56.5 Å². The highest BCUT2D eigenvalue weighted by atomic mass is 79.9. The van der Waals surface area contributed by atoms with Gasteiger partial charge in [0.25, 0.3) is 0 Å². The number of halogens is 2. The van der Waals surface area contributed by atoms with Crippen LogP contribution in [0.5, 0.6) is 11.5 Å². The van der Waals surface area contributed by atoms with E-state index in [1.807, 2.05) is 44.2 Å². The van der Waals surface area contributed by atoms with E-state index >= 15 is 0 Å². The number of rotatable bonds is 4. The molecule has 1 unspecified atom stereocenters. The quantitative estimate of drug-likeness (QED) is 0.767. The monoisotopic (exact) mass is 397 g/mol. The van der Waals surface area contributed by atoms with E-state index in [2.05, 4.69) is 37.9 Å². The SMILES string of the molecule is Cc1ccc(Br)cc1Oc1ccc(Br)cc1CC(C)N. The van der Waals surface area contributed by atoms with E-state index < -0.39 is 0 Å². The van der Waals surface area contributed by atoms with E-state index in [9.17, 15) is 0 Å². The Hall–Kier alpha value is -0.840. The van der Waals surface area contributed by atoms with Crippen LogP contribution in [-0.4, -0.2) is 6.04 Å². The van der Waals surface area contributed by atoms with Crippen molar-refractivity contribution >= 4 is 31.9 Å². The van der Waals surface area contributed by atoms with Crippen LogP contribution >= 0.6 is 31.9 Å². The van der Waals surface area contributed by atoms with Gasteiger partial charge in [-0.05, 0) is 61.7 Å². The maximum atomic E-state index is 6.07. The predicted octanol–water partition coefficient (Wildman–Crippen LogP) is 5.20. The number of nitrogens with two attached hydrogens (primary N) is 1. The maximum absolute atomic E-state index is 6.07. The molecule has 0 saturated heterocycles. The Kier molecular flexibility index (Phi) is 5.24. The molecule has 0 fully saturated rings. The lowest BCUT2D eigenvalue weighted by Gasteiger charge is -2.15. The summed E-state index contributed by atoms with van der Waals surface area (Å²) in [6.07, 6.45) is 0.780. The molecular weight excluding hydrogens is 382 g/mol. The molecular formula is C16H17Br2NO. The van der Waals surface area contributed by atoms with Gasteiger partial charge in [-0.2, -0.15) is 0 Å². The second-order valence-electron chi connectivity index (χ2n) is 4.95. The van der Waals surface area contributed by atoms with Crippen molar-refractivity contribution < 1.29 is 4.74 Å². The van der Waals surface area contributed by atoms with Crippen LogP contribution in [0, 0.1) is 6.92 Å². The van der Waals surface area contributed by atoms with Gasteiger partial charge in [-0.15, -0.1) is 0 Å². The minimum Gasteiger partial charge on any atom is -0.457 e. The number of hydrogen-bond acceptors (Lipinski definition) is 2. The van der Waals surface area contributed by atoms with Crippen molar-refractivity contribution in [3.8, 4) is 11.5 Å². The Labute approximate surface area is 136 Å². The molecule has 106 valence electrons. The molecule has 0 saturated carbocycles. The highest BCUT2D eigenvalue weighted by Gasteiger charge is 2.10. The topological polar surface area (TPSA) is 35.2 Å². The van der Waals surface area contributed by atoms with Gasteiger partial charge in [-0.3, -0.25) is 0 Å². The van der Waals surface area contributed by atoms with Gasteiger partial charge in [-0.25, -0.2) is 0 Å². The first kappa shape index (κ1) is 15.5. The van der Waals surface area contributed by atoms with Gasteiger partial charge in [0.1, 0.15) is 11.5 Å². The van der Waals surface area contributed by atoms with E-state index in [1.54, 1.807) is 0 Å². The molecule has 0 aliphatic heterocycles. The van der Waals surface area contributed by atoms with Gasteiger partial charge in [0.15, 0.2) is 0 Å². The first-order valence-corrected chi connectivity index (χ1v) is 8.02. The van der Waals surface area contributed by atoms with E-state index in [-0.39, 0.29) is 6.04 Å². The molecule has 0 heterocycles. The van der Waals surface area contributed by atoms with E-state index in [0.29, 0.717) is 0 Å². The molecule has 2 rings (SSSR count). The van der Waals surface area contributed by atoms with Gasteiger partial charge in [0.05, 0.1) is 0 Å². The minimum absolute atomic E-state index is 0.0928. The fourth-order valence-electron chi connectivity index (χ4n) is 1.96. The summed E-state index contributed by atoms with van der Waals surface area (Å²) in [5.41, 5.74) is 8.12. The fraction of sp³-hybridized carbons (Fsp3) is 0.250. The molecule has 2 N–H and O–H groups in total. The summed E-state index contributed by atoms with van der Waals surface area (Å²) in [7, 11) is 0. The van der Waals surface area contributed by atoms with Crippen LogP contribution in [0.2, 0.25) is 0 Å². The third kappa shape index (κ3) is 4.08. The van der Waals surface area contributed by atoms with Crippen LogP contribution in [-0.2, 0) is 6.42 Å². The molecule has 2 aromatic carbocycles. The molecule has 2 nitrogen and oxygen atoms in total. The zero-order valence-corrected chi connectivity index (χ0v) is 14.7. The van der Waals surface area contributed by atoms with Gasteiger partial charge in [0.2, 0.25) is 0 Å².